The summed E-state index contributed by atoms with van der Waals surface area (Å²) in [7, 11) is 3.54. The number of hydrogen-bond acceptors (Lipinski definition) is 6. The van der Waals surface area contributed by atoms with E-state index in [1.54, 1.807) is 13.2 Å². The molecule has 0 saturated carbocycles. The summed E-state index contributed by atoms with van der Waals surface area (Å²) in [6.07, 6.45) is 0.882. The number of nitrogens with zero attached hydrogens (tertiary/aromatic N) is 2. The monoisotopic (exact) mass is 533 g/mol. The molecule has 8 nitrogen and oxygen atoms in total. The number of halogens is 1. The lowest BCUT2D eigenvalue weighted by Crippen LogP contribution is -2.37. The number of hydrogen-bond donors (Lipinski definition) is 1. The van der Waals surface area contributed by atoms with Crippen molar-refractivity contribution in [3.05, 3.63) is 58.6 Å². The van der Waals surface area contributed by atoms with Crippen LogP contribution >= 0.6 is 11.6 Å². The fourth-order valence-electron chi connectivity index (χ4n) is 5.51. The maximum atomic E-state index is 13.1. The second-order valence-corrected chi connectivity index (χ2v) is 9.97. The van der Waals surface area contributed by atoms with Gasteiger partial charge in [-0.1, -0.05) is 29.8 Å². The maximum absolute atomic E-state index is 13.1. The quantitative estimate of drug-likeness (QED) is 0.275. The van der Waals surface area contributed by atoms with Crippen LogP contribution in [0.25, 0.3) is 32.9 Å². The third-order valence-electron chi connectivity index (χ3n) is 7.41. The average molecular weight is 534 g/mol. The van der Waals surface area contributed by atoms with Gasteiger partial charge in [0.25, 0.3) is 11.8 Å². The van der Waals surface area contributed by atoms with Gasteiger partial charge in [0, 0.05) is 54.1 Å². The Hall–Kier alpha value is -3.59. The highest BCUT2D eigenvalue weighted by atomic mass is 35.5. The first kappa shape index (κ1) is 24.7. The topological polar surface area (TPSA) is 82.0 Å². The number of carbonyl (C=O) groups is 2. The third-order valence-corrected chi connectivity index (χ3v) is 7.74. The first-order valence-electron chi connectivity index (χ1n) is 12.7. The first-order chi connectivity index (χ1) is 18.5. The van der Waals surface area contributed by atoms with Crippen LogP contribution in [0, 0.1) is 0 Å². The summed E-state index contributed by atoms with van der Waals surface area (Å²) >= 11 is 6.52. The van der Waals surface area contributed by atoms with E-state index in [2.05, 4.69) is 10.2 Å². The number of nitrogens with one attached hydrogen (secondary N) is 1. The Morgan fingerprint density at radius 2 is 1.74 bits per heavy atom. The fraction of sp³-hybridized carbons (Fsp3) is 0.310. The molecule has 3 aromatic carbocycles. The Labute approximate surface area is 225 Å². The van der Waals surface area contributed by atoms with Crippen molar-refractivity contribution in [3.63, 3.8) is 0 Å². The zero-order chi connectivity index (χ0) is 26.4. The SMILES string of the molecule is COc1cc2c3c4c(c(-c5ccccc5Cl)cc3n(C)c2cc1OCCCN1CCOCC1)C(=O)NC4=O. The molecule has 2 amide bonds. The normalized spacial score (nSPS) is 15.8. The van der Waals surface area contributed by atoms with Crippen molar-refractivity contribution < 1.29 is 23.8 Å². The lowest BCUT2D eigenvalue weighted by molar-refractivity contribution is 0.0357. The summed E-state index contributed by atoms with van der Waals surface area (Å²) in [6, 6.07) is 13.1. The van der Waals surface area contributed by atoms with Crippen molar-refractivity contribution >= 4 is 45.2 Å². The number of imide groups is 1. The lowest BCUT2D eigenvalue weighted by Gasteiger charge is -2.26. The molecule has 2 aliphatic rings. The lowest BCUT2D eigenvalue weighted by atomic mass is 9.93. The number of morpholine rings is 1. The molecule has 0 radical (unpaired) electrons. The van der Waals surface area contributed by atoms with Crippen molar-refractivity contribution in [1.29, 1.82) is 0 Å². The maximum Gasteiger partial charge on any atom is 0.259 e. The highest BCUT2D eigenvalue weighted by Gasteiger charge is 2.35. The molecule has 0 bridgehead atoms. The van der Waals surface area contributed by atoms with E-state index in [1.165, 1.54) is 0 Å². The minimum absolute atomic E-state index is 0.338. The van der Waals surface area contributed by atoms with Gasteiger partial charge in [-0.05, 0) is 30.2 Å². The Kier molecular flexibility index (Phi) is 6.47. The van der Waals surface area contributed by atoms with E-state index in [0.29, 0.717) is 50.8 Å². The molecule has 1 fully saturated rings. The fourth-order valence-corrected chi connectivity index (χ4v) is 5.75. The summed E-state index contributed by atoms with van der Waals surface area (Å²) < 4.78 is 19.3. The smallest absolute Gasteiger partial charge is 0.259 e. The van der Waals surface area contributed by atoms with Gasteiger partial charge in [0.1, 0.15) is 0 Å². The number of methoxy groups -OCH3 is 1. The summed E-state index contributed by atoms with van der Waals surface area (Å²) in [5.41, 5.74) is 3.70. The standard InChI is InChI=1S/C29H28ClN3O5/c1-32-21-16-24(38-11-5-8-33-9-12-37-13-10-33)23(36-2)15-19(21)25-22(32)14-18(17-6-3-4-7-20(17)30)26-27(25)29(35)31-28(26)34/h3-4,6-7,14-16H,5,8-13H2,1-2H3,(H,31,34,35). The summed E-state index contributed by atoms with van der Waals surface area (Å²) in [6.45, 7) is 4.94. The third kappa shape index (κ3) is 4.09. The number of amides is 2. The van der Waals surface area contributed by atoms with Crippen molar-refractivity contribution in [1.82, 2.24) is 14.8 Å². The van der Waals surface area contributed by atoms with Crippen LogP contribution in [-0.2, 0) is 11.8 Å². The van der Waals surface area contributed by atoms with Crippen molar-refractivity contribution in [3.8, 4) is 22.6 Å². The van der Waals surface area contributed by atoms with Gasteiger partial charge in [0.2, 0.25) is 0 Å². The highest BCUT2D eigenvalue weighted by Crippen LogP contribution is 2.44. The second kappa shape index (κ2) is 9.94. The van der Waals surface area contributed by atoms with Crippen LogP contribution in [0.2, 0.25) is 5.02 Å². The predicted octanol–water partition coefficient (Wildman–Crippen LogP) is 4.65. The molecule has 9 heteroatoms. The van der Waals surface area contributed by atoms with E-state index in [9.17, 15) is 9.59 Å². The molecule has 0 unspecified atom stereocenters. The predicted molar refractivity (Wildman–Crippen MR) is 147 cm³/mol. The number of aromatic nitrogens is 1. The van der Waals surface area contributed by atoms with Crippen molar-refractivity contribution in [2.45, 2.75) is 6.42 Å². The van der Waals surface area contributed by atoms with Gasteiger partial charge in [-0.2, -0.15) is 0 Å². The van der Waals surface area contributed by atoms with Crippen LogP contribution in [-0.4, -0.2) is 67.8 Å². The largest absolute Gasteiger partial charge is 0.493 e. The van der Waals surface area contributed by atoms with Gasteiger partial charge < -0.3 is 18.8 Å². The summed E-state index contributed by atoms with van der Waals surface area (Å²) in [5.74, 6) is 0.367. The zero-order valence-electron chi connectivity index (χ0n) is 21.3. The molecule has 196 valence electrons. The Morgan fingerprint density at radius 1 is 0.974 bits per heavy atom. The Bertz CT molecular complexity index is 1590. The summed E-state index contributed by atoms with van der Waals surface area (Å²) in [5, 5.41) is 4.50. The minimum atomic E-state index is -0.425. The number of fused-ring (bicyclic) bond motifs is 5. The molecule has 1 saturated heterocycles. The number of aryl methyl sites for hydroxylation is 1. The molecule has 1 aromatic heterocycles. The van der Waals surface area contributed by atoms with Gasteiger partial charge in [-0.15, -0.1) is 0 Å². The van der Waals surface area contributed by atoms with Crippen LogP contribution < -0.4 is 14.8 Å². The van der Waals surface area contributed by atoms with Crippen LogP contribution in [0.15, 0.2) is 42.5 Å². The van der Waals surface area contributed by atoms with E-state index in [4.69, 9.17) is 25.8 Å². The van der Waals surface area contributed by atoms with Crippen LogP contribution in [0.4, 0.5) is 0 Å². The van der Waals surface area contributed by atoms with Gasteiger partial charge in [-0.25, -0.2) is 0 Å². The molecular formula is C29H28ClN3O5. The van der Waals surface area contributed by atoms with Crippen molar-refractivity contribution in [2.75, 3.05) is 46.6 Å². The molecule has 1 N–H and O–H groups in total. The summed E-state index contributed by atoms with van der Waals surface area (Å²) in [4.78, 5) is 28.4. The average Bonchev–Trinajstić information content (AvgIpc) is 3.38. The van der Waals surface area contributed by atoms with E-state index in [-0.39, 0.29) is 0 Å². The van der Waals surface area contributed by atoms with E-state index in [1.807, 2.05) is 48.0 Å². The first-order valence-corrected chi connectivity index (χ1v) is 13.1. The second-order valence-electron chi connectivity index (χ2n) is 9.57. The minimum Gasteiger partial charge on any atom is -0.493 e. The van der Waals surface area contributed by atoms with E-state index >= 15 is 0 Å². The number of benzene rings is 3. The van der Waals surface area contributed by atoms with Gasteiger partial charge in [-0.3, -0.25) is 19.8 Å². The molecule has 4 aromatic rings. The Balaban J connectivity index is 1.44. The van der Waals surface area contributed by atoms with Gasteiger partial charge in [0.05, 0.1) is 49.1 Å². The van der Waals surface area contributed by atoms with Crippen LogP contribution in [0.1, 0.15) is 27.1 Å². The number of rotatable bonds is 7. The molecule has 2 aliphatic heterocycles. The van der Waals surface area contributed by atoms with E-state index < -0.39 is 11.8 Å². The molecular weight excluding hydrogens is 506 g/mol. The van der Waals surface area contributed by atoms with Crippen LogP contribution in [0.5, 0.6) is 11.5 Å². The molecule has 0 aliphatic carbocycles. The number of carbonyl (C=O) groups excluding carboxylic acids is 2. The van der Waals surface area contributed by atoms with Crippen LogP contribution in [0.3, 0.4) is 0 Å². The molecule has 0 atom stereocenters. The zero-order valence-corrected chi connectivity index (χ0v) is 22.1. The molecule has 0 spiro atoms. The van der Waals surface area contributed by atoms with Gasteiger partial charge >= 0.3 is 0 Å². The van der Waals surface area contributed by atoms with Gasteiger partial charge in [0.15, 0.2) is 11.5 Å². The molecule has 3 heterocycles. The van der Waals surface area contributed by atoms with Crippen molar-refractivity contribution in [2.24, 2.45) is 7.05 Å². The highest BCUT2D eigenvalue weighted by molar-refractivity contribution is 6.36. The molecule has 6 rings (SSSR count). The molecule has 38 heavy (non-hydrogen) atoms. The van der Waals surface area contributed by atoms with E-state index in [0.717, 1.165) is 55.7 Å². The Morgan fingerprint density at radius 3 is 2.50 bits per heavy atom. The number of ether oxygens (including phenoxy) is 3.